The monoisotopic (exact) mass is 233 g/mol. The van der Waals surface area contributed by atoms with E-state index in [1.54, 1.807) is 14.0 Å². The molecule has 1 saturated carbocycles. The molecule has 0 N–H and O–H groups in total. The van der Waals surface area contributed by atoms with Crippen molar-refractivity contribution in [1.29, 1.82) is 0 Å². The van der Waals surface area contributed by atoms with E-state index in [0.717, 1.165) is 12.8 Å². The topological polar surface area (TPSA) is 61.0 Å². The summed E-state index contributed by atoms with van der Waals surface area (Å²) in [6.45, 7) is 1.74. The van der Waals surface area contributed by atoms with Crippen molar-refractivity contribution in [3.63, 3.8) is 0 Å². The largest absolute Gasteiger partial charge is 0.358 e. The van der Waals surface area contributed by atoms with Crippen molar-refractivity contribution in [3.8, 4) is 11.8 Å². The normalized spacial score (nSPS) is 15.6. The first-order chi connectivity index (χ1) is 8.09. The standard InChI is InChI=1S/C12H15N3O2/c1-9-13-11(12(14(9)2)15(16)17)8-7-10-5-3-4-6-10/h10H,3-6H2,1-2H3. The number of aromatic nitrogens is 2. The fourth-order valence-electron chi connectivity index (χ4n) is 2.13. The highest BCUT2D eigenvalue weighted by atomic mass is 16.6. The average Bonchev–Trinajstić information content (AvgIpc) is 2.85. The molecule has 0 aliphatic heterocycles. The van der Waals surface area contributed by atoms with Crippen LogP contribution < -0.4 is 0 Å². The first-order valence-corrected chi connectivity index (χ1v) is 5.79. The maximum absolute atomic E-state index is 10.9. The Morgan fingerprint density at radius 3 is 2.71 bits per heavy atom. The van der Waals surface area contributed by atoms with Crippen LogP contribution in [0.3, 0.4) is 0 Å². The van der Waals surface area contributed by atoms with E-state index in [1.807, 2.05) is 0 Å². The summed E-state index contributed by atoms with van der Waals surface area (Å²) in [5.74, 6) is 6.98. The number of rotatable bonds is 1. The third kappa shape index (κ3) is 2.31. The average molecular weight is 233 g/mol. The van der Waals surface area contributed by atoms with Crippen molar-refractivity contribution in [2.75, 3.05) is 0 Å². The van der Waals surface area contributed by atoms with Crippen LogP contribution in [0.5, 0.6) is 0 Å². The van der Waals surface area contributed by atoms with Crippen molar-refractivity contribution in [3.05, 3.63) is 21.6 Å². The van der Waals surface area contributed by atoms with Gasteiger partial charge in [0.2, 0.25) is 5.69 Å². The van der Waals surface area contributed by atoms with E-state index in [2.05, 4.69) is 16.8 Å². The van der Waals surface area contributed by atoms with Gasteiger partial charge in [-0.2, -0.15) is 4.98 Å². The summed E-state index contributed by atoms with van der Waals surface area (Å²) in [6.07, 6.45) is 4.63. The van der Waals surface area contributed by atoms with Crippen LogP contribution in [0, 0.1) is 34.8 Å². The summed E-state index contributed by atoms with van der Waals surface area (Å²) in [4.78, 5) is 14.7. The van der Waals surface area contributed by atoms with E-state index >= 15 is 0 Å². The summed E-state index contributed by atoms with van der Waals surface area (Å²) in [5, 5.41) is 10.9. The first kappa shape index (κ1) is 11.6. The second-order valence-corrected chi connectivity index (χ2v) is 4.40. The third-order valence-electron chi connectivity index (χ3n) is 3.21. The van der Waals surface area contributed by atoms with E-state index in [4.69, 9.17) is 0 Å². The molecule has 1 aliphatic rings. The molecule has 1 fully saturated rings. The van der Waals surface area contributed by atoms with Crippen LogP contribution in [0.15, 0.2) is 0 Å². The summed E-state index contributed by atoms with van der Waals surface area (Å²) in [5.41, 5.74) is 0.293. The zero-order valence-electron chi connectivity index (χ0n) is 10.1. The molecular weight excluding hydrogens is 218 g/mol. The van der Waals surface area contributed by atoms with E-state index in [1.165, 1.54) is 17.4 Å². The Morgan fingerprint density at radius 2 is 2.12 bits per heavy atom. The lowest BCUT2D eigenvalue weighted by Gasteiger charge is -1.96. The lowest BCUT2D eigenvalue weighted by atomic mass is 10.1. The van der Waals surface area contributed by atoms with Gasteiger partial charge in [-0.3, -0.25) is 0 Å². The van der Waals surface area contributed by atoms with Gasteiger partial charge in [0.1, 0.15) is 0 Å². The molecule has 1 aromatic heterocycles. The summed E-state index contributed by atoms with van der Waals surface area (Å²) >= 11 is 0. The molecule has 0 aromatic carbocycles. The SMILES string of the molecule is Cc1nc(C#CC2CCCC2)c([N+](=O)[O-])n1C. The van der Waals surface area contributed by atoms with Crippen LogP contribution in [-0.4, -0.2) is 14.5 Å². The van der Waals surface area contributed by atoms with E-state index in [9.17, 15) is 10.1 Å². The van der Waals surface area contributed by atoms with Gasteiger partial charge in [-0.15, -0.1) is 0 Å². The van der Waals surface area contributed by atoms with Crippen molar-refractivity contribution in [2.24, 2.45) is 13.0 Å². The zero-order chi connectivity index (χ0) is 12.4. The quantitative estimate of drug-likeness (QED) is 0.424. The number of aryl methyl sites for hydroxylation is 1. The smallest absolute Gasteiger partial charge is 0.358 e. The molecule has 0 spiro atoms. The predicted molar refractivity (Wildman–Crippen MR) is 63.4 cm³/mol. The van der Waals surface area contributed by atoms with Crippen molar-refractivity contribution in [2.45, 2.75) is 32.6 Å². The van der Waals surface area contributed by atoms with Gasteiger partial charge in [-0.1, -0.05) is 18.8 Å². The highest BCUT2D eigenvalue weighted by molar-refractivity contribution is 5.43. The second kappa shape index (κ2) is 4.58. The van der Waals surface area contributed by atoms with Crippen molar-refractivity contribution in [1.82, 2.24) is 9.55 Å². The minimum atomic E-state index is -0.418. The van der Waals surface area contributed by atoms with Crippen molar-refractivity contribution < 1.29 is 4.92 Å². The Balaban J connectivity index is 2.31. The molecule has 0 saturated heterocycles. The molecule has 5 heteroatoms. The Kier molecular flexibility index (Phi) is 3.14. The van der Waals surface area contributed by atoms with Gasteiger partial charge in [0.05, 0.1) is 7.05 Å². The minimum Gasteiger partial charge on any atom is -0.358 e. The molecule has 0 amide bonds. The molecule has 2 rings (SSSR count). The van der Waals surface area contributed by atoms with E-state index in [0.29, 0.717) is 17.4 Å². The molecule has 0 bridgehead atoms. The fraction of sp³-hybridized carbons (Fsp3) is 0.583. The van der Waals surface area contributed by atoms with Crippen LogP contribution in [0.1, 0.15) is 37.2 Å². The van der Waals surface area contributed by atoms with Gasteiger partial charge in [0, 0.05) is 12.8 Å². The van der Waals surface area contributed by atoms with Gasteiger partial charge in [-0.05, 0) is 23.7 Å². The molecule has 0 atom stereocenters. The zero-order valence-corrected chi connectivity index (χ0v) is 10.1. The number of hydrogen-bond acceptors (Lipinski definition) is 3. The van der Waals surface area contributed by atoms with Crippen LogP contribution >= 0.6 is 0 Å². The molecular formula is C12H15N3O2. The molecule has 1 heterocycles. The maximum atomic E-state index is 10.9. The van der Waals surface area contributed by atoms with Gasteiger partial charge >= 0.3 is 5.82 Å². The summed E-state index contributed by atoms with van der Waals surface area (Å²) < 4.78 is 1.47. The molecule has 0 unspecified atom stereocenters. The number of nitro groups is 1. The van der Waals surface area contributed by atoms with Crippen LogP contribution in [0.2, 0.25) is 0 Å². The predicted octanol–water partition coefficient (Wildman–Crippen LogP) is 2.18. The molecule has 1 aliphatic carbocycles. The highest BCUT2D eigenvalue weighted by Crippen LogP contribution is 2.24. The summed E-state index contributed by atoms with van der Waals surface area (Å²) in [7, 11) is 1.64. The fourth-order valence-corrected chi connectivity index (χ4v) is 2.13. The Bertz CT molecular complexity index is 502. The molecule has 17 heavy (non-hydrogen) atoms. The van der Waals surface area contributed by atoms with Crippen LogP contribution in [0.4, 0.5) is 5.82 Å². The third-order valence-corrected chi connectivity index (χ3v) is 3.21. The van der Waals surface area contributed by atoms with Crippen molar-refractivity contribution >= 4 is 5.82 Å². The number of nitrogens with zero attached hydrogens (tertiary/aromatic N) is 3. The number of imidazole rings is 1. The minimum absolute atomic E-state index is 0.00648. The van der Waals surface area contributed by atoms with E-state index < -0.39 is 4.92 Å². The van der Waals surface area contributed by atoms with Gasteiger partial charge in [0.25, 0.3) is 0 Å². The Hall–Kier alpha value is -1.83. The molecule has 1 aromatic rings. The molecule has 90 valence electrons. The lowest BCUT2D eigenvalue weighted by molar-refractivity contribution is -0.392. The van der Waals surface area contributed by atoms with Gasteiger partial charge in [0.15, 0.2) is 5.82 Å². The highest BCUT2D eigenvalue weighted by Gasteiger charge is 2.21. The lowest BCUT2D eigenvalue weighted by Crippen LogP contribution is -1.99. The summed E-state index contributed by atoms with van der Waals surface area (Å²) in [6, 6.07) is 0. The van der Waals surface area contributed by atoms with Gasteiger partial charge < -0.3 is 10.1 Å². The van der Waals surface area contributed by atoms with Crippen LogP contribution in [-0.2, 0) is 7.05 Å². The maximum Gasteiger partial charge on any atom is 0.358 e. The Labute approximate surface area is 100 Å². The molecule has 5 nitrogen and oxygen atoms in total. The van der Waals surface area contributed by atoms with Crippen LogP contribution in [0.25, 0.3) is 0 Å². The van der Waals surface area contributed by atoms with Gasteiger partial charge in [-0.25, -0.2) is 4.57 Å². The first-order valence-electron chi connectivity index (χ1n) is 5.79. The second-order valence-electron chi connectivity index (χ2n) is 4.40. The number of hydrogen-bond donors (Lipinski definition) is 0. The Morgan fingerprint density at radius 1 is 1.47 bits per heavy atom. The molecule has 0 radical (unpaired) electrons. The van der Waals surface area contributed by atoms with E-state index in [-0.39, 0.29) is 5.82 Å².